The van der Waals surface area contributed by atoms with E-state index in [-0.39, 0.29) is 42.1 Å². The zero-order chi connectivity index (χ0) is 27.9. The quantitative estimate of drug-likeness (QED) is 0.138. The predicted octanol–water partition coefficient (Wildman–Crippen LogP) is 7.21. The van der Waals surface area contributed by atoms with Crippen LogP contribution in [0.3, 0.4) is 0 Å². The molecule has 2 aromatic heterocycles. The van der Waals surface area contributed by atoms with Gasteiger partial charge in [0.2, 0.25) is 0 Å². The van der Waals surface area contributed by atoms with Crippen molar-refractivity contribution < 1.29 is 46.9 Å². The normalized spacial score (nSPS) is 12.0. The van der Waals surface area contributed by atoms with Gasteiger partial charge in [-0.3, -0.25) is 12.1 Å². The van der Waals surface area contributed by atoms with Crippen molar-refractivity contribution in [3.8, 4) is 39.9 Å². The number of ether oxygens (including phenoxy) is 1. The van der Waals surface area contributed by atoms with Gasteiger partial charge >= 0.3 is 21.1 Å². The van der Waals surface area contributed by atoms with Crippen LogP contribution < -0.4 is 9.64 Å². The van der Waals surface area contributed by atoms with E-state index in [9.17, 15) is 0 Å². The monoisotopic (exact) mass is 907 g/mol. The number of hydrogen-bond acceptors (Lipinski definition) is 4. The number of aromatic nitrogens is 2. The Morgan fingerprint density at radius 2 is 1.62 bits per heavy atom. The molecular formula is C35H25N4OPt2-3. The fourth-order valence-corrected chi connectivity index (χ4v) is 4.00. The molecule has 3 aromatic carbocycles. The second-order valence-corrected chi connectivity index (χ2v) is 8.92. The van der Waals surface area contributed by atoms with Crippen LogP contribution in [0.2, 0.25) is 0 Å². The molecule has 0 saturated carbocycles. The first-order valence-electron chi connectivity index (χ1n) is 12.6. The fraction of sp³-hybridized carbons (Fsp3) is 0.0857. The summed E-state index contributed by atoms with van der Waals surface area (Å²) in [5, 5.41) is 0. The third kappa shape index (κ3) is 7.92. The van der Waals surface area contributed by atoms with Gasteiger partial charge in [-0.15, -0.1) is 30.0 Å². The fourth-order valence-electron chi connectivity index (χ4n) is 4.00. The van der Waals surface area contributed by atoms with Gasteiger partial charge in [-0.2, -0.15) is 54.8 Å². The number of nitrogens with zero attached hydrogens (tertiary/aromatic N) is 4. The van der Waals surface area contributed by atoms with Crippen LogP contribution in [0.25, 0.3) is 22.4 Å². The van der Waals surface area contributed by atoms with Gasteiger partial charge in [0.1, 0.15) is 0 Å². The standard InChI is InChI=1S/C29H21N3O.C6H4N.2Pt/c1-21-22(2)32(20-31(21)3)26-12-8-14-28(19-26)33-27-13-7-11-25(17-27)29-18-24(15-16-30-29)23-9-5-4-6-10-23;1-2-7-5-3-4-6-7;;/h4-9,12-16,20H,1-3H3;3-6H;;/q-6;-1;;+4. The van der Waals surface area contributed by atoms with Crippen molar-refractivity contribution >= 4 is 5.69 Å². The summed E-state index contributed by atoms with van der Waals surface area (Å²) in [6.07, 6.45) is 11.8. The topological polar surface area (TPSA) is 33.5 Å². The van der Waals surface area contributed by atoms with Crippen molar-refractivity contribution in [2.45, 2.75) is 13.8 Å². The second-order valence-electron chi connectivity index (χ2n) is 8.92. The minimum absolute atomic E-state index is 0. The van der Waals surface area contributed by atoms with Gasteiger partial charge < -0.3 is 42.1 Å². The molecule has 6 rings (SSSR count). The Kier molecular flexibility index (Phi) is 12.0. The molecule has 0 amide bonds. The van der Waals surface area contributed by atoms with E-state index in [0.717, 1.165) is 22.5 Å². The molecule has 214 valence electrons. The maximum Gasteiger partial charge on any atom is 4.00 e. The Bertz CT molecular complexity index is 1660. The van der Waals surface area contributed by atoms with Crippen LogP contribution in [0, 0.1) is 49.5 Å². The van der Waals surface area contributed by atoms with E-state index in [0.29, 0.717) is 22.8 Å². The average Bonchev–Trinajstić information content (AvgIpc) is 3.63. The molecule has 1 aliphatic rings. The molecule has 0 aliphatic carbocycles. The van der Waals surface area contributed by atoms with Crippen LogP contribution in [0.4, 0.5) is 5.69 Å². The molecule has 3 heterocycles. The summed E-state index contributed by atoms with van der Waals surface area (Å²) >= 11 is 0. The van der Waals surface area contributed by atoms with Crippen molar-refractivity contribution in [1.82, 2.24) is 14.5 Å². The molecule has 0 spiro atoms. The van der Waals surface area contributed by atoms with E-state index < -0.39 is 0 Å². The molecule has 7 heteroatoms. The van der Waals surface area contributed by atoms with E-state index >= 15 is 0 Å². The maximum atomic E-state index is 6.57. The summed E-state index contributed by atoms with van der Waals surface area (Å²) in [6, 6.07) is 41.4. The first-order chi connectivity index (χ1) is 19.5. The van der Waals surface area contributed by atoms with E-state index in [4.69, 9.17) is 11.2 Å². The predicted molar refractivity (Wildman–Crippen MR) is 156 cm³/mol. The summed E-state index contributed by atoms with van der Waals surface area (Å²) in [5.41, 5.74) is 6.49. The van der Waals surface area contributed by atoms with Crippen molar-refractivity contribution in [3.63, 3.8) is 0 Å². The molecule has 0 fully saturated rings. The van der Waals surface area contributed by atoms with E-state index in [1.165, 1.54) is 5.70 Å². The average molecular weight is 908 g/mol. The zero-order valence-electron chi connectivity index (χ0n) is 23.1. The van der Waals surface area contributed by atoms with E-state index in [2.05, 4.69) is 65.0 Å². The minimum Gasteiger partial charge on any atom is -0.669 e. The van der Waals surface area contributed by atoms with Crippen LogP contribution in [0.15, 0.2) is 103 Å². The molecular weight excluding hydrogens is 883 g/mol. The smallest absolute Gasteiger partial charge is 0.669 e. The minimum atomic E-state index is 0. The van der Waals surface area contributed by atoms with Crippen LogP contribution in [-0.4, -0.2) is 21.5 Å². The van der Waals surface area contributed by atoms with Crippen molar-refractivity contribution in [3.05, 3.63) is 146 Å². The molecule has 0 bridgehead atoms. The number of allylic oxidation sites excluding steroid dienone is 2. The molecule has 1 aliphatic heterocycles. The van der Waals surface area contributed by atoms with Crippen LogP contribution in [0.5, 0.6) is 11.5 Å². The Morgan fingerprint density at radius 1 is 0.833 bits per heavy atom. The van der Waals surface area contributed by atoms with Crippen molar-refractivity contribution in [1.29, 1.82) is 0 Å². The van der Waals surface area contributed by atoms with Gasteiger partial charge in [-0.05, 0) is 44.9 Å². The molecule has 0 saturated heterocycles. The largest absolute Gasteiger partial charge is 4.00 e. The Morgan fingerprint density at radius 3 is 2.29 bits per heavy atom. The first-order valence-corrected chi connectivity index (χ1v) is 12.6. The molecule has 0 radical (unpaired) electrons. The summed E-state index contributed by atoms with van der Waals surface area (Å²) in [5.74, 6) is 1.17. The maximum absolute atomic E-state index is 6.57. The van der Waals surface area contributed by atoms with E-state index in [1.807, 2.05) is 80.4 Å². The summed E-state index contributed by atoms with van der Waals surface area (Å²) in [6.45, 7) is 6.23. The van der Waals surface area contributed by atoms with Crippen molar-refractivity contribution in [2.75, 3.05) is 11.9 Å². The van der Waals surface area contributed by atoms with Crippen LogP contribution in [0.1, 0.15) is 13.8 Å². The first kappa shape index (κ1) is 32.7. The number of benzene rings is 3. The Balaban J connectivity index is 0.000000474. The molecule has 5 nitrogen and oxygen atoms in total. The third-order valence-electron chi connectivity index (χ3n) is 6.31. The van der Waals surface area contributed by atoms with Crippen LogP contribution >= 0.6 is 0 Å². The van der Waals surface area contributed by atoms with Gasteiger partial charge in [-0.1, -0.05) is 5.75 Å². The molecule has 0 N–H and O–H groups in total. The molecule has 42 heavy (non-hydrogen) atoms. The van der Waals surface area contributed by atoms with Gasteiger partial charge in [0.25, 0.3) is 0 Å². The van der Waals surface area contributed by atoms with Gasteiger partial charge in [0.05, 0.1) is 0 Å². The second kappa shape index (κ2) is 15.4. The third-order valence-corrected chi connectivity index (χ3v) is 6.31. The Hall–Kier alpha value is -3.83. The van der Waals surface area contributed by atoms with Gasteiger partial charge in [-0.25, -0.2) is 23.2 Å². The number of hydrogen-bond donors (Lipinski definition) is 0. The molecule has 5 aromatic rings. The SMILES string of the molecule is CC1=C(C)N(c2[c-]c(Oc3[c-]c(-c4[c-]c(-c5[c-]cccc5)ccn4)[c-]cc3)ccc2)[CH-]N1C.[C-]#Cn1cccc1.[Pt+4].[Pt]. The Labute approximate surface area is 277 Å². The van der Waals surface area contributed by atoms with Crippen LogP contribution in [-0.2, 0) is 42.1 Å². The summed E-state index contributed by atoms with van der Waals surface area (Å²) in [4.78, 5) is 8.65. The molecule has 0 unspecified atom stereocenters. The number of pyridine rings is 1. The summed E-state index contributed by atoms with van der Waals surface area (Å²) < 4.78 is 7.64. The molecule has 0 atom stereocenters. The van der Waals surface area contributed by atoms with E-state index in [1.54, 1.807) is 29.2 Å². The zero-order valence-corrected chi connectivity index (χ0v) is 27.6. The summed E-state index contributed by atoms with van der Waals surface area (Å²) in [7, 11) is 2.03. The van der Waals surface area contributed by atoms with Gasteiger partial charge in [0.15, 0.2) is 0 Å². The van der Waals surface area contributed by atoms with Gasteiger partial charge in [0, 0.05) is 44.9 Å². The number of rotatable bonds is 5. The number of anilines is 1. The van der Waals surface area contributed by atoms with Crippen molar-refractivity contribution in [2.24, 2.45) is 0 Å².